The number of nitrogens with one attached hydrogen (secondary N) is 1. The molecule has 1 nitrogen and oxygen atoms in total. The Balaban J connectivity index is 2.82. The third-order valence-corrected chi connectivity index (χ3v) is 2.59. The zero-order chi connectivity index (χ0) is 11.4. The van der Waals surface area contributed by atoms with E-state index in [9.17, 15) is 8.78 Å². The second-order valence-corrected chi connectivity index (χ2v) is 3.84. The van der Waals surface area contributed by atoms with Crippen molar-refractivity contribution in [3.63, 3.8) is 0 Å². The molecule has 0 spiro atoms. The Labute approximate surface area is 89.5 Å². The molecule has 0 amide bonds. The van der Waals surface area contributed by atoms with E-state index in [2.05, 4.69) is 5.32 Å². The molecular formula is C12H17F2N. The molecule has 1 aromatic rings. The molecule has 84 valence electrons. The van der Waals surface area contributed by atoms with E-state index in [1.165, 1.54) is 6.07 Å². The van der Waals surface area contributed by atoms with Crippen molar-refractivity contribution in [1.29, 1.82) is 0 Å². The Bertz CT molecular complexity index is 325. The molecule has 3 heteroatoms. The number of hydrogen-bond donors (Lipinski definition) is 1. The minimum Gasteiger partial charge on any atom is -0.308 e. The predicted molar refractivity (Wildman–Crippen MR) is 57.7 cm³/mol. The summed E-state index contributed by atoms with van der Waals surface area (Å²) in [7, 11) is 0. The summed E-state index contributed by atoms with van der Waals surface area (Å²) >= 11 is 0. The topological polar surface area (TPSA) is 12.0 Å². The van der Waals surface area contributed by atoms with Crippen LogP contribution in [0.1, 0.15) is 38.8 Å². The third kappa shape index (κ3) is 2.99. The predicted octanol–water partition coefficient (Wildman–Crippen LogP) is 3.41. The maximum absolute atomic E-state index is 13.4. The molecule has 1 aromatic carbocycles. The minimum absolute atomic E-state index is 0.171. The first-order chi connectivity index (χ1) is 7.06. The van der Waals surface area contributed by atoms with E-state index >= 15 is 0 Å². The average Bonchev–Trinajstić information content (AvgIpc) is 2.21. The van der Waals surface area contributed by atoms with Gasteiger partial charge in [0.25, 0.3) is 0 Å². The normalized spacial score (nSPS) is 15.0. The number of hydrogen-bond acceptors (Lipinski definition) is 1. The fourth-order valence-electron chi connectivity index (χ4n) is 1.49. The van der Waals surface area contributed by atoms with Crippen LogP contribution in [0.4, 0.5) is 8.78 Å². The summed E-state index contributed by atoms with van der Waals surface area (Å²) in [5.74, 6) is -1.54. The van der Waals surface area contributed by atoms with Gasteiger partial charge in [-0.15, -0.1) is 0 Å². The van der Waals surface area contributed by atoms with Crippen LogP contribution in [-0.2, 0) is 0 Å². The smallest absolute Gasteiger partial charge is 0.163 e. The third-order valence-electron chi connectivity index (χ3n) is 2.59. The first-order valence-electron chi connectivity index (χ1n) is 5.26. The molecule has 0 aromatic heterocycles. The molecular weight excluding hydrogens is 196 g/mol. The van der Waals surface area contributed by atoms with Crippen LogP contribution in [0.3, 0.4) is 0 Å². The van der Waals surface area contributed by atoms with Gasteiger partial charge in [0.2, 0.25) is 0 Å². The molecule has 0 radical (unpaired) electrons. The summed E-state index contributed by atoms with van der Waals surface area (Å²) in [5.41, 5.74) is 0.385. The van der Waals surface area contributed by atoms with E-state index in [4.69, 9.17) is 0 Å². The highest BCUT2D eigenvalue weighted by molar-refractivity contribution is 5.22. The summed E-state index contributed by atoms with van der Waals surface area (Å²) in [5, 5.41) is 3.21. The fourth-order valence-corrected chi connectivity index (χ4v) is 1.49. The maximum Gasteiger partial charge on any atom is 0.163 e. The van der Waals surface area contributed by atoms with E-state index in [0.717, 1.165) is 12.5 Å². The van der Waals surface area contributed by atoms with Crippen LogP contribution in [-0.4, -0.2) is 6.04 Å². The van der Waals surface area contributed by atoms with Gasteiger partial charge in [0.1, 0.15) is 0 Å². The first-order valence-corrected chi connectivity index (χ1v) is 5.26. The first kappa shape index (κ1) is 12.1. The SMILES string of the molecule is CCC(C)NC(C)c1cccc(F)c1F. The van der Waals surface area contributed by atoms with Crippen molar-refractivity contribution in [3.05, 3.63) is 35.4 Å². The fraction of sp³-hybridized carbons (Fsp3) is 0.500. The lowest BCUT2D eigenvalue weighted by Gasteiger charge is -2.19. The van der Waals surface area contributed by atoms with E-state index < -0.39 is 11.6 Å². The summed E-state index contributed by atoms with van der Waals surface area (Å²) in [4.78, 5) is 0. The minimum atomic E-state index is -0.787. The lowest BCUT2D eigenvalue weighted by atomic mass is 10.1. The van der Waals surface area contributed by atoms with Gasteiger partial charge in [-0.05, 0) is 26.3 Å². The van der Waals surface area contributed by atoms with Crippen molar-refractivity contribution in [2.24, 2.45) is 0 Å². The Morgan fingerprint density at radius 3 is 2.53 bits per heavy atom. The van der Waals surface area contributed by atoms with Gasteiger partial charge in [0.05, 0.1) is 0 Å². The van der Waals surface area contributed by atoms with Gasteiger partial charge in [0, 0.05) is 17.6 Å². The van der Waals surface area contributed by atoms with E-state index in [1.807, 2.05) is 20.8 Å². The molecule has 0 fully saturated rings. The highest BCUT2D eigenvalue weighted by atomic mass is 19.2. The molecule has 2 unspecified atom stereocenters. The van der Waals surface area contributed by atoms with Crippen molar-refractivity contribution in [2.75, 3.05) is 0 Å². The van der Waals surface area contributed by atoms with Gasteiger partial charge in [0.15, 0.2) is 11.6 Å². The molecule has 2 atom stereocenters. The van der Waals surface area contributed by atoms with Crippen molar-refractivity contribution in [3.8, 4) is 0 Å². The molecule has 0 heterocycles. The van der Waals surface area contributed by atoms with Crippen molar-refractivity contribution < 1.29 is 8.78 Å². The molecule has 0 aliphatic rings. The maximum atomic E-state index is 13.4. The second-order valence-electron chi connectivity index (χ2n) is 3.84. The van der Waals surface area contributed by atoms with E-state index in [1.54, 1.807) is 6.07 Å². The van der Waals surface area contributed by atoms with Gasteiger partial charge in [-0.1, -0.05) is 19.1 Å². The van der Waals surface area contributed by atoms with Gasteiger partial charge < -0.3 is 5.32 Å². The van der Waals surface area contributed by atoms with Gasteiger partial charge >= 0.3 is 0 Å². The van der Waals surface area contributed by atoms with Crippen LogP contribution in [0.5, 0.6) is 0 Å². The largest absolute Gasteiger partial charge is 0.308 e. The lowest BCUT2D eigenvalue weighted by Crippen LogP contribution is -2.28. The summed E-state index contributed by atoms with van der Waals surface area (Å²) in [6.45, 7) is 5.91. The Morgan fingerprint density at radius 2 is 1.93 bits per heavy atom. The average molecular weight is 213 g/mol. The van der Waals surface area contributed by atoms with Crippen LogP contribution >= 0.6 is 0 Å². The van der Waals surface area contributed by atoms with Crippen LogP contribution < -0.4 is 5.32 Å². The summed E-state index contributed by atoms with van der Waals surface area (Å²) in [6.07, 6.45) is 0.960. The van der Waals surface area contributed by atoms with Crippen LogP contribution in [0.15, 0.2) is 18.2 Å². The Morgan fingerprint density at radius 1 is 1.27 bits per heavy atom. The number of benzene rings is 1. The quantitative estimate of drug-likeness (QED) is 0.808. The van der Waals surface area contributed by atoms with Crippen LogP contribution in [0.25, 0.3) is 0 Å². The zero-order valence-electron chi connectivity index (χ0n) is 9.35. The molecule has 0 aliphatic heterocycles. The Kier molecular flexibility index (Phi) is 4.21. The molecule has 0 aliphatic carbocycles. The second kappa shape index (κ2) is 5.21. The molecule has 1 N–H and O–H groups in total. The Hall–Kier alpha value is -0.960. The van der Waals surface area contributed by atoms with Gasteiger partial charge in [-0.3, -0.25) is 0 Å². The number of rotatable bonds is 4. The molecule has 0 saturated carbocycles. The standard InChI is InChI=1S/C12H17F2N/c1-4-8(2)15-9(3)10-6-5-7-11(13)12(10)14/h5-9,15H,4H2,1-3H3. The van der Waals surface area contributed by atoms with E-state index in [0.29, 0.717) is 11.6 Å². The van der Waals surface area contributed by atoms with Gasteiger partial charge in [-0.2, -0.15) is 0 Å². The summed E-state index contributed by atoms with van der Waals surface area (Å²) in [6, 6.07) is 4.40. The van der Waals surface area contributed by atoms with Crippen LogP contribution in [0.2, 0.25) is 0 Å². The molecule has 1 rings (SSSR count). The van der Waals surface area contributed by atoms with Crippen LogP contribution in [0, 0.1) is 11.6 Å². The number of halogens is 2. The summed E-state index contributed by atoms with van der Waals surface area (Å²) < 4.78 is 26.3. The highest BCUT2D eigenvalue weighted by Crippen LogP contribution is 2.19. The molecule has 0 bridgehead atoms. The van der Waals surface area contributed by atoms with Crippen molar-refractivity contribution in [1.82, 2.24) is 5.32 Å². The zero-order valence-corrected chi connectivity index (χ0v) is 9.35. The molecule has 0 saturated heterocycles. The van der Waals surface area contributed by atoms with Crippen molar-refractivity contribution >= 4 is 0 Å². The van der Waals surface area contributed by atoms with Crippen molar-refractivity contribution in [2.45, 2.75) is 39.3 Å². The highest BCUT2D eigenvalue weighted by Gasteiger charge is 2.14. The monoisotopic (exact) mass is 213 g/mol. The molecule has 15 heavy (non-hydrogen) atoms. The lowest BCUT2D eigenvalue weighted by molar-refractivity contribution is 0.437. The van der Waals surface area contributed by atoms with E-state index in [-0.39, 0.29) is 6.04 Å². The van der Waals surface area contributed by atoms with Gasteiger partial charge in [-0.25, -0.2) is 8.78 Å².